The highest BCUT2D eigenvalue weighted by atomic mass is 16.6. The van der Waals surface area contributed by atoms with Gasteiger partial charge in [-0.2, -0.15) is 0 Å². The molecule has 6 nitrogen and oxygen atoms in total. The molecule has 2 N–H and O–H groups in total. The Morgan fingerprint density at radius 2 is 2.05 bits per heavy atom. The molecular weight excluding hydrogens is 246 g/mol. The fourth-order valence-corrected chi connectivity index (χ4v) is 2.58. The molecule has 2 aliphatic rings. The molecule has 2 aliphatic heterocycles. The standard InChI is InChI=1S/C13H23N3O3/c1-12(2,3)19-11(18)16-7-4-5-13(6-8-16)9-14-10(17)15-13/h4-9H2,1-3H3,(H2,14,15,17). The topological polar surface area (TPSA) is 70.7 Å². The van der Waals surface area contributed by atoms with Gasteiger partial charge in [0.15, 0.2) is 0 Å². The molecule has 0 bridgehead atoms. The summed E-state index contributed by atoms with van der Waals surface area (Å²) in [5, 5.41) is 5.79. The number of carbonyl (C=O) groups excluding carboxylic acids is 2. The number of amides is 3. The molecule has 1 unspecified atom stereocenters. The maximum atomic E-state index is 12.0. The van der Waals surface area contributed by atoms with Gasteiger partial charge < -0.3 is 20.3 Å². The highest BCUT2D eigenvalue weighted by molar-refractivity contribution is 5.77. The average Bonchev–Trinajstić information content (AvgIpc) is 2.52. The van der Waals surface area contributed by atoms with Gasteiger partial charge in [-0.1, -0.05) is 0 Å². The molecule has 0 saturated carbocycles. The van der Waals surface area contributed by atoms with Crippen molar-refractivity contribution in [3.8, 4) is 0 Å². The number of nitrogens with one attached hydrogen (secondary N) is 2. The van der Waals surface area contributed by atoms with Crippen molar-refractivity contribution in [2.45, 2.75) is 51.2 Å². The molecule has 2 rings (SSSR count). The lowest BCUT2D eigenvalue weighted by molar-refractivity contribution is 0.0254. The predicted molar refractivity (Wildman–Crippen MR) is 70.9 cm³/mol. The maximum absolute atomic E-state index is 12.0. The van der Waals surface area contributed by atoms with Crippen LogP contribution in [0.5, 0.6) is 0 Å². The largest absolute Gasteiger partial charge is 0.444 e. The van der Waals surface area contributed by atoms with Crippen LogP contribution in [-0.4, -0.2) is 47.8 Å². The van der Waals surface area contributed by atoms with Gasteiger partial charge in [0.2, 0.25) is 0 Å². The lowest BCUT2D eigenvalue weighted by atomic mass is 9.92. The lowest BCUT2D eigenvalue weighted by Crippen LogP contribution is -2.44. The molecule has 0 aromatic heterocycles. The first kappa shape index (κ1) is 14.0. The normalized spacial score (nSPS) is 27.7. The summed E-state index contributed by atoms with van der Waals surface area (Å²) in [6, 6.07) is -0.106. The highest BCUT2D eigenvalue weighted by Crippen LogP contribution is 2.25. The Morgan fingerprint density at radius 1 is 1.32 bits per heavy atom. The van der Waals surface area contributed by atoms with Gasteiger partial charge in [-0.15, -0.1) is 0 Å². The third kappa shape index (κ3) is 3.52. The number of ether oxygens (including phenoxy) is 1. The Bertz CT molecular complexity index is 378. The van der Waals surface area contributed by atoms with Crippen LogP contribution in [-0.2, 0) is 4.74 Å². The van der Waals surface area contributed by atoms with Gasteiger partial charge >= 0.3 is 12.1 Å². The minimum Gasteiger partial charge on any atom is -0.444 e. The Labute approximate surface area is 113 Å². The SMILES string of the molecule is CC(C)(C)OC(=O)N1CCCC2(CC1)CNC(=O)N2. The number of hydrogen-bond donors (Lipinski definition) is 2. The van der Waals surface area contributed by atoms with E-state index in [1.807, 2.05) is 20.8 Å². The molecule has 19 heavy (non-hydrogen) atoms. The van der Waals surface area contributed by atoms with Crippen LogP contribution in [0, 0.1) is 0 Å². The third-order valence-corrected chi connectivity index (χ3v) is 3.56. The van der Waals surface area contributed by atoms with Crippen LogP contribution < -0.4 is 10.6 Å². The molecule has 0 aromatic carbocycles. The summed E-state index contributed by atoms with van der Waals surface area (Å²) in [6.45, 7) is 7.55. The van der Waals surface area contributed by atoms with Crippen molar-refractivity contribution in [2.75, 3.05) is 19.6 Å². The van der Waals surface area contributed by atoms with Crippen LogP contribution in [0.3, 0.4) is 0 Å². The van der Waals surface area contributed by atoms with Gasteiger partial charge in [0.05, 0.1) is 5.54 Å². The van der Waals surface area contributed by atoms with E-state index >= 15 is 0 Å². The number of likely N-dealkylation sites (tertiary alicyclic amines) is 1. The van der Waals surface area contributed by atoms with Crippen molar-refractivity contribution in [3.63, 3.8) is 0 Å². The zero-order valence-electron chi connectivity index (χ0n) is 11.9. The van der Waals surface area contributed by atoms with E-state index in [1.165, 1.54) is 0 Å². The van der Waals surface area contributed by atoms with Gasteiger partial charge in [0.25, 0.3) is 0 Å². The van der Waals surface area contributed by atoms with Crippen LogP contribution in [0.2, 0.25) is 0 Å². The molecule has 2 heterocycles. The number of urea groups is 1. The molecule has 108 valence electrons. The first-order valence-corrected chi connectivity index (χ1v) is 6.84. The van der Waals surface area contributed by atoms with E-state index in [0.717, 1.165) is 19.3 Å². The van der Waals surface area contributed by atoms with E-state index in [2.05, 4.69) is 10.6 Å². The number of nitrogens with zero attached hydrogens (tertiary/aromatic N) is 1. The lowest BCUT2D eigenvalue weighted by Gasteiger charge is -2.28. The van der Waals surface area contributed by atoms with E-state index in [0.29, 0.717) is 19.6 Å². The van der Waals surface area contributed by atoms with E-state index in [-0.39, 0.29) is 17.7 Å². The fraction of sp³-hybridized carbons (Fsp3) is 0.846. The minimum absolute atomic E-state index is 0.106. The second-order valence-corrected chi connectivity index (χ2v) is 6.41. The second-order valence-electron chi connectivity index (χ2n) is 6.41. The maximum Gasteiger partial charge on any atom is 0.410 e. The van der Waals surface area contributed by atoms with Gasteiger partial charge in [0.1, 0.15) is 5.60 Å². The fourth-order valence-electron chi connectivity index (χ4n) is 2.58. The molecule has 2 fully saturated rings. The quantitative estimate of drug-likeness (QED) is 0.699. The summed E-state index contributed by atoms with van der Waals surface area (Å²) >= 11 is 0. The molecule has 1 atom stereocenters. The number of rotatable bonds is 0. The van der Waals surface area contributed by atoms with E-state index in [9.17, 15) is 9.59 Å². The van der Waals surface area contributed by atoms with Crippen LogP contribution in [0.1, 0.15) is 40.0 Å². The first-order chi connectivity index (χ1) is 8.80. The van der Waals surface area contributed by atoms with Gasteiger partial charge in [-0.3, -0.25) is 0 Å². The third-order valence-electron chi connectivity index (χ3n) is 3.56. The average molecular weight is 269 g/mol. The van der Waals surface area contributed by atoms with Crippen molar-refractivity contribution in [1.29, 1.82) is 0 Å². The molecule has 6 heteroatoms. The van der Waals surface area contributed by atoms with Gasteiger partial charge in [-0.05, 0) is 40.0 Å². The molecule has 3 amide bonds. The highest BCUT2D eigenvalue weighted by Gasteiger charge is 2.39. The summed E-state index contributed by atoms with van der Waals surface area (Å²) < 4.78 is 5.39. The Balaban J connectivity index is 1.93. The summed E-state index contributed by atoms with van der Waals surface area (Å²) in [4.78, 5) is 25.1. The molecule has 2 saturated heterocycles. The van der Waals surface area contributed by atoms with E-state index in [4.69, 9.17) is 4.74 Å². The zero-order valence-corrected chi connectivity index (χ0v) is 11.9. The molecule has 0 radical (unpaired) electrons. The van der Waals surface area contributed by atoms with Crippen molar-refractivity contribution in [3.05, 3.63) is 0 Å². The van der Waals surface area contributed by atoms with E-state index < -0.39 is 5.60 Å². The van der Waals surface area contributed by atoms with Crippen LogP contribution in [0.15, 0.2) is 0 Å². The zero-order chi connectivity index (χ0) is 14.1. The first-order valence-electron chi connectivity index (χ1n) is 6.84. The molecule has 0 aromatic rings. The van der Waals surface area contributed by atoms with Crippen molar-refractivity contribution in [2.24, 2.45) is 0 Å². The monoisotopic (exact) mass is 269 g/mol. The van der Waals surface area contributed by atoms with Crippen LogP contribution >= 0.6 is 0 Å². The van der Waals surface area contributed by atoms with Gasteiger partial charge in [-0.25, -0.2) is 9.59 Å². The number of hydrogen-bond acceptors (Lipinski definition) is 3. The molecule has 1 spiro atoms. The van der Waals surface area contributed by atoms with E-state index in [1.54, 1.807) is 4.90 Å². The molecule has 0 aliphatic carbocycles. The van der Waals surface area contributed by atoms with Crippen molar-refractivity contribution in [1.82, 2.24) is 15.5 Å². The predicted octanol–water partition coefficient (Wildman–Crippen LogP) is 1.46. The Morgan fingerprint density at radius 3 is 2.63 bits per heavy atom. The second kappa shape index (κ2) is 4.90. The van der Waals surface area contributed by atoms with Crippen molar-refractivity contribution >= 4 is 12.1 Å². The Hall–Kier alpha value is -1.46. The van der Waals surface area contributed by atoms with Crippen molar-refractivity contribution < 1.29 is 14.3 Å². The summed E-state index contributed by atoms with van der Waals surface area (Å²) in [5.41, 5.74) is -0.655. The van der Waals surface area contributed by atoms with Crippen LogP contribution in [0.4, 0.5) is 9.59 Å². The number of carbonyl (C=O) groups is 2. The summed E-state index contributed by atoms with van der Waals surface area (Å²) in [6.07, 6.45) is 2.28. The van der Waals surface area contributed by atoms with Gasteiger partial charge in [0, 0.05) is 19.6 Å². The van der Waals surface area contributed by atoms with Crippen LogP contribution in [0.25, 0.3) is 0 Å². The smallest absolute Gasteiger partial charge is 0.410 e. The minimum atomic E-state index is -0.468. The molecular formula is C13H23N3O3. The summed E-state index contributed by atoms with van der Waals surface area (Å²) in [7, 11) is 0. The summed E-state index contributed by atoms with van der Waals surface area (Å²) in [5.74, 6) is 0. The Kier molecular flexibility index (Phi) is 3.60.